The highest BCUT2D eigenvalue weighted by Crippen LogP contribution is 2.36. The predicted octanol–water partition coefficient (Wildman–Crippen LogP) is 3.38. The summed E-state index contributed by atoms with van der Waals surface area (Å²) in [5, 5.41) is 3.28. The molecule has 0 atom stereocenters. The van der Waals surface area contributed by atoms with Gasteiger partial charge in [-0.05, 0) is 31.0 Å². The largest absolute Gasteiger partial charge is 0.491 e. The van der Waals surface area contributed by atoms with Gasteiger partial charge in [0, 0.05) is 18.8 Å². The van der Waals surface area contributed by atoms with Crippen molar-refractivity contribution in [3.8, 4) is 11.5 Å². The maximum atomic E-state index is 11.5. The average Bonchev–Trinajstić information content (AvgIpc) is 2.43. The third-order valence-electron chi connectivity index (χ3n) is 2.60. The lowest BCUT2D eigenvalue weighted by atomic mass is 10.2. The van der Waals surface area contributed by atoms with Gasteiger partial charge >= 0.3 is 0 Å². The Kier molecular flexibility index (Phi) is 7.55. The topological polar surface area (TPSA) is 47.6 Å². The quantitative estimate of drug-likeness (QED) is 0.747. The SMILES string of the molecule is CCOc1cc(CNC(=O)CCCCl)cc(Cl)c1OC. The van der Waals surface area contributed by atoms with Crippen molar-refractivity contribution >= 4 is 29.1 Å². The number of alkyl halides is 1. The fraction of sp³-hybridized carbons (Fsp3) is 0.500. The first kappa shape index (κ1) is 16.9. The lowest BCUT2D eigenvalue weighted by molar-refractivity contribution is -0.121. The highest BCUT2D eigenvalue weighted by atomic mass is 35.5. The normalized spacial score (nSPS) is 10.2. The molecule has 112 valence electrons. The van der Waals surface area contributed by atoms with E-state index in [0.29, 0.717) is 48.4 Å². The summed E-state index contributed by atoms with van der Waals surface area (Å²) in [5.41, 5.74) is 0.860. The van der Waals surface area contributed by atoms with Gasteiger partial charge in [0.1, 0.15) is 0 Å². The molecule has 0 bridgehead atoms. The van der Waals surface area contributed by atoms with E-state index < -0.39 is 0 Å². The second-order valence-electron chi connectivity index (χ2n) is 4.11. The van der Waals surface area contributed by atoms with Crippen LogP contribution in [0.25, 0.3) is 0 Å². The summed E-state index contributed by atoms with van der Waals surface area (Å²) in [6.45, 7) is 2.79. The zero-order valence-corrected chi connectivity index (χ0v) is 13.2. The summed E-state index contributed by atoms with van der Waals surface area (Å²) in [7, 11) is 1.54. The minimum absolute atomic E-state index is 0.0319. The smallest absolute Gasteiger partial charge is 0.220 e. The van der Waals surface area contributed by atoms with Gasteiger partial charge in [-0.2, -0.15) is 0 Å². The molecule has 4 nitrogen and oxygen atoms in total. The number of carbonyl (C=O) groups excluding carboxylic acids is 1. The van der Waals surface area contributed by atoms with E-state index in [0.717, 1.165) is 5.56 Å². The average molecular weight is 320 g/mol. The van der Waals surface area contributed by atoms with Crippen molar-refractivity contribution in [1.82, 2.24) is 5.32 Å². The molecule has 0 aliphatic heterocycles. The van der Waals surface area contributed by atoms with E-state index in [9.17, 15) is 4.79 Å². The maximum absolute atomic E-state index is 11.5. The number of ether oxygens (including phenoxy) is 2. The Morgan fingerprint density at radius 3 is 2.75 bits per heavy atom. The fourth-order valence-corrected chi connectivity index (χ4v) is 2.14. The van der Waals surface area contributed by atoms with Gasteiger partial charge in [-0.3, -0.25) is 4.79 Å². The van der Waals surface area contributed by atoms with Crippen LogP contribution in [0.15, 0.2) is 12.1 Å². The van der Waals surface area contributed by atoms with Crippen molar-refractivity contribution in [1.29, 1.82) is 0 Å². The van der Waals surface area contributed by atoms with Gasteiger partial charge in [0.25, 0.3) is 0 Å². The van der Waals surface area contributed by atoms with Crippen LogP contribution in [0.5, 0.6) is 11.5 Å². The summed E-state index contributed by atoms with van der Waals surface area (Å²) in [6, 6.07) is 3.57. The molecule has 1 N–H and O–H groups in total. The van der Waals surface area contributed by atoms with Crippen molar-refractivity contribution in [3.05, 3.63) is 22.7 Å². The molecular weight excluding hydrogens is 301 g/mol. The number of hydrogen-bond acceptors (Lipinski definition) is 3. The molecule has 0 unspecified atom stereocenters. The molecular formula is C14H19Cl2NO3. The van der Waals surface area contributed by atoms with Crippen LogP contribution >= 0.6 is 23.2 Å². The molecule has 6 heteroatoms. The molecule has 1 aromatic carbocycles. The first-order valence-electron chi connectivity index (χ1n) is 6.44. The summed E-state index contributed by atoms with van der Waals surface area (Å²) in [6.07, 6.45) is 1.09. The van der Waals surface area contributed by atoms with E-state index in [2.05, 4.69) is 5.32 Å². The van der Waals surface area contributed by atoms with Gasteiger partial charge in [0.05, 0.1) is 18.7 Å². The van der Waals surface area contributed by atoms with Crippen LogP contribution in [-0.4, -0.2) is 25.5 Å². The predicted molar refractivity (Wildman–Crippen MR) is 81.0 cm³/mol. The third-order valence-corrected chi connectivity index (χ3v) is 3.15. The van der Waals surface area contributed by atoms with Crippen molar-refractivity contribution < 1.29 is 14.3 Å². The second-order valence-corrected chi connectivity index (χ2v) is 4.90. The van der Waals surface area contributed by atoms with E-state index in [1.165, 1.54) is 7.11 Å². The Labute approximate surface area is 129 Å². The standard InChI is InChI=1S/C14H19Cl2NO3/c1-3-20-12-8-10(7-11(16)14(12)19-2)9-17-13(18)5-4-6-15/h7-8H,3-6,9H2,1-2H3,(H,17,18). The number of nitrogens with one attached hydrogen (secondary N) is 1. The highest BCUT2D eigenvalue weighted by Gasteiger charge is 2.12. The van der Waals surface area contributed by atoms with Crippen molar-refractivity contribution in [2.75, 3.05) is 19.6 Å². The Morgan fingerprint density at radius 1 is 1.40 bits per heavy atom. The van der Waals surface area contributed by atoms with E-state index >= 15 is 0 Å². The van der Waals surface area contributed by atoms with E-state index in [1.54, 1.807) is 6.07 Å². The maximum Gasteiger partial charge on any atom is 0.220 e. The van der Waals surface area contributed by atoms with Crippen molar-refractivity contribution in [3.63, 3.8) is 0 Å². The first-order chi connectivity index (χ1) is 9.62. The highest BCUT2D eigenvalue weighted by molar-refractivity contribution is 6.32. The molecule has 1 aromatic rings. The molecule has 0 radical (unpaired) electrons. The molecule has 0 saturated heterocycles. The number of methoxy groups -OCH3 is 1. The Bertz CT molecular complexity index is 452. The van der Waals surface area contributed by atoms with Crippen LogP contribution in [-0.2, 0) is 11.3 Å². The van der Waals surface area contributed by atoms with Crippen LogP contribution in [0.3, 0.4) is 0 Å². The zero-order chi connectivity index (χ0) is 15.0. The van der Waals surface area contributed by atoms with Gasteiger partial charge in [-0.25, -0.2) is 0 Å². The molecule has 1 rings (SSSR count). The molecule has 0 heterocycles. The molecule has 0 aromatic heterocycles. The van der Waals surface area contributed by atoms with E-state index in [-0.39, 0.29) is 5.91 Å². The van der Waals surface area contributed by atoms with E-state index in [1.807, 2.05) is 13.0 Å². The van der Waals surface area contributed by atoms with Crippen molar-refractivity contribution in [2.45, 2.75) is 26.3 Å². The van der Waals surface area contributed by atoms with Gasteiger partial charge in [-0.1, -0.05) is 11.6 Å². The molecule has 1 amide bonds. The Balaban J connectivity index is 2.73. The molecule has 0 aliphatic carbocycles. The molecule has 0 spiro atoms. The van der Waals surface area contributed by atoms with Crippen LogP contribution in [0.1, 0.15) is 25.3 Å². The number of hydrogen-bond donors (Lipinski definition) is 1. The summed E-state index contributed by atoms with van der Waals surface area (Å²) in [5.74, 6) is 1.53. The van der Waals surface area contributed by atoms with Gasteiger partial charge in [-0.15, -0.1) is 11.6 Å². The number of carbonyl (C=O) groups is 1. The summed E-state index contributed by atoms with van der Waals surface area (Å²) >= 11 is 11.7. The Morgan fingerprint density at radius 2 is 2.15 bits per heavy atom. The summed E-state index contributed by atoms with van der Waals surface area (Å²) in [4.78, 5) is 11.5. The van der Waals surface area contributed by atoms with Gasteiger partial charge < -0.3 is 14.8 Å². The van der Waals surface area contributed by atoms with Crippen LogP contribution < -0.4 is 14.8 Å². The molecule has 0 aliphatic rings. The monoisotopic (exact) mass is 319 g/mol. The van der Waals surface area contributed by atoms with Crippen molar-refractivity contribution in [2.24, 2.45) is 0 Å². The number of halogens is 2. The lowest BCUT2D eigenvalue weighted by Crippen LogP contribution is -2.22. The minimum atomic E-state index is -0.0319. The molecule has 0 fully saturated rings. The zero-order valence-electron chi connectivity index (χ0n) is 11.7. The lowest BCUT2D eigenvalue weighted by Gasteiger charge is -2.13. The van der Waals surface area contributed by atoms with Crippen LogP contribution in [0.2, 0.25) is 5.02 Å². The first-order valence-corrected chi connectivity index (χ1v) is 7.35. The van der Waals surface area contributed by atoms with Crippen LogP contribution in [0, 0.1) is 0 Å². The number of amides is 1. The van der Waals surface area contributed by atoms with E-state index in [4.69, 9.17) is 32.7 Å². The number of rotatable bonds is 8. The van der Waals surface area contributed by atoms with Gasteiger partial charge in [0.2, 0.25) is 5.91 Å². The Hall–Kier alpha value is -1.13. The van der Waals surface area contributed by atoms with Crippen LogP contribution in [0.4, 0.5) is 0 Å². The molecule has 20 heavy (non-hydrogen) atoms. The molecule has 0 saturated carbocycles. The fourth-order valence-electron chi connectivity index (χ4n) is 1.70. The minimum Gasteiger partial charge on any atom is -0.491 e. The third kappa shape index (κ3) is 5.10. The summed E-state index contributed by atoms with van der Waals surface area (Å²) < 4.78 is 10.7. The second kappa shape index (κ2) is 8.93. The number of benzene rings is 1. The van der Waals surface area contributed by atoms with Gasteiger partial charge in [0.15, 0.2) is 11.5 Å².